The molecule has 1 nitrogen and oxygen atoms in total. The van der Waals surface area contributed by atoms with Crippen molar-refractivity contribution in [1.29, 1.82) is 0 Å². The lowest BCUT2D eigenvalue weighted by atomic mass is 9.97. The quantitative estimate of drug-likeness (QED) is 0.763. The van der Waals surface area contributed by atoms with Gasteiger partial charge in [0.25, 0.3) is 0 Å². The van der Waals surface area contributed by atoms with Crippen molar-refractivity contribution in [2.24, 2.45) is 0 Å². The van der Waals surface area contributed by atoms with Gasteiger partial charge in [0.05, 0.1) is 0 Å². The molecule has 0 spiro atoms. The van der Waals surface area contributed by atoms with Crippen molar-refractivity contribution in [3.05, 3.63) is 0 Å². The molecule has 0 rings (SSSR count). The molecule has 0 saturated carbocycles. The first kappa shape index (κ1) is 14.3. The molecule has 0 fully saturated rings. The fourth-order valence-corrected chi connectivity index (χ4v) is 0.576. The van der Waals surface area contributed by atoms with Gasteiger partial charge in [-0.1, -0.05) is 0 Å². The van der Waals surface area contributed by atoms with E-state index in [1.807, 2.05) is 0 Å². The van der Waals surface area contributed by atoms with Crippen molar-refractivity contribution < 1.29 is 44.6 Å². The van der Waals surface area contributed by atoms with Gasteiger partial charge in [0, 0.05) is 0 Å². The van der Waals surface area contributed by atoms with E-state index in [2.05, 4.69) is 0 Å². The van der Waals surface area contributed by atoms with E-state index < -0.39 is 30.6 Å². The SMILES string of the molecule is OC(F)(F)C(F)(F)C(F)(CF)C(F)(F)F. The maximum absolute atomic E-state index is 12.4. The van der Waals surface area contributed by atoms with Crippen molar-refractivity contribution in [3.63, 3.8) is 0 Å². The van der Waals surface area contributed by atoms with Gasteiger partial charge in [0.2, 0.25) is 0 Å². The second-order valence-electron chi connectivity index (χ2n) is 2.55. The number of aliphatic hydroxyl groups is 1. The van der Waals surface area contributed by atoms with E-state index in [0.717, 1.165) is 0 Å². The molecular formula is C5H3F9O. The predicted molar refractivity (Wildman–Crippen MR) is 28.0 cm³/mol. The van der Waals surface area contributed by atoms with Crippen LogP contribution in [-0.4, -0.2) is 35.7 Å². The molecule has 1 atom stereocenters. The second-order valence-corrected chi connectivity index (χ2v) is 2.55. The maximum atomic E-state index is 12.4. The highest BCUT2D eigenvalue weighted by molar-refractivity contribution is 5.03. The third kappa shape index (κ3) is 1.99. The van der Waals surface area contributed by atoms with E-state index in [1.54, 1.807) is 0 Å². The first-order valence-electron chi connectivity index (χ1n) is 3.11. The molecule has 0 aromatic carbocycles. The fraction of sp³-hybridized carbons (Fsp3) is 1.00. The topological polar surface area (TPSA) is 20.2 Å². The van der Waals surface area contributed by atoms with Crippen molar-refractivity contribution in [2.75, 3.05) is 6.67 Å². The Bertz CT molecular complexity index is 228. The molecule has 1 N–H and O–H groups in total. The summed E-state index contributed by atoms with van der Waals surface area (Å²) in [5.41, 5.74) is -6.14. The minimum Gasteiger partial charge on any atom is -0.331 e. The molecule has 1 unspecified atom stereocenters. The molecule has 0 radical (unpaired) electrons. The molecule has 0 aliphatic carbocycles. The lowest BCUT2D eigenvalue weighted by Gasteiger charge is -2.34. The third-order valence-electron chi connectivity index (χ3n) is 1.51. The molecule has 0 aliphatic rings. The first-order chi connectivity index (χ1) is 6.31. The molecular weight excluding hydrogens is 247 g/mol. The number of halogens is 9. The third-order valence-corrected chi connectivity index (χ3v) is 1.51. The minimum atomic E-state index is -6.62. The predicted octanol–water partition coefficient (Wildman–Crippen LogP) is 2.45. The maximum Gasteiger partial charge on any atom is 0.431 e. The van der Waals surface area contributed by atoms with E-state index in [0.29, 0.717) is 0 Å². The van der Waals surface area contributed by atoms with Gasteiger partial charge in [-0.25, -0.2) is 8.78 Å². The summed E-state index contributed by atoms with van der Waals surface area (Å²) in [6, 6.07) is 0. The van der Waals surface area contributed by atoms with Gasteiger partial charge in [-0.3, -0.25) is 0 Å². The average Bonchev–Trinajstić information content (AvgIpc) is 1.98. The van der Waals surface area contributed by atoms with E-state index in [9.17, 15) is 39.5 Å². The normalized spacial score (nSPS) is 18.8. The number of hydrogen-bond donors (Lipinski definition) is 1. The standard InChI is InChI=1S/C5H3F9O/c6-1-2(7,4(10,11)12)3(8,9)5(13,14)15/h15H,1H2. The lowest BCUT2D eigenvalue weighted by molar-refractivity contribution is -0.406. The van der Waals surface area contributed by atoms with Crippen LogP contribution in [-0.2, 0) is 0 Å². The largest absolute Gasteiger partial charge is 0.431 e. The molecule has 0 heterocycles. The van der Waals surface area contributed by atoms with Crippen LogP contribution < -0.4 is 0 Å². The van der Waals surface area contributed by atoms with Crippen LogP contribution in [0.4, 0.5) is 39.5 Å². The summed E-state index contributed by atoms with van der Waals surface area (Å²) in [7, 11) is 0. The number of hydrogen-bond acceptors (Lipinski definition) is 1. The van der Waals surface area contributed by atoms with Crippen LogP contribution in [0.25, 0.3) is 0 Å². The second kappa shape index (κ2) is 3.42. The van der Waals surface area contributed by atoms with Crippen LogP contribution in [0, 0.1) is 0 Å². The summed E-state index contributed by atoms with van der Waals surface area (Å²) in [5, 5.41) is 7.39. The van der Waals surface area contributed by atoms with Crippen LogP contribution >= 0.6 is 0 Å². The van der Waals surface area contributed by atoms with Gasteiger partial charge in [-0.05, 0) is 0 Å². The summed E-state index contributed by atoms with van der Waals surface area (Å²) in [6.07, 6.45) is -12.9. The fourth-order valence-electron chi connectivity index (χ4n) is 0.576. The highest BCUT2D eigenvalue weighted by atomic mass is 19.4. The molecule has 0 saturated heterocycles. The van der Waals surface area contributed by atoms with Gasteiger partial charge < -0.3 is 5.11 Å². The number of rotatable bonds is 3. The number of alkyl halides is 9. The monoisotopic (exact) mass is 250 g/mol. The van der Waals surface area contributed by atoms with E-state index in [-0.39, 0.29) is 0 Å². The van der Waals surface area contributed by atoms with Gasteiger partial charge in [0.15, 0.2) is 0 Å². The Labute approximate surface area is 76.5 Å². The molecule has 0 aromatic heterocycles. The molecule has 15 heavy (non-hydrogen) atoms. The molecule has 0 bridgehead atoms. The Morgan fingerprint density at radius 1 is 0.800 bits per heavy atom. The Kier molecular flexibility index (Phi) is 3.27. The average molecular weight is 250 g/mol. The van der Waals surface area contributed by atoms with E-state index in [4.69, 9.17) is 5.11 Å². The summed E-state index contributed by atoms with van der Waals surface area (Å²) >= 11 is 0. The molecule has 0 aromatic rings. The molecule has 92 valence electrons. The van der Waals surface area contributed by atoms with E-state index >= 15 is 0 Å². The highest BCUT2D eigenvalue weighted by Crippen LogP contribution is 2.51. The van der Waals surface area contributed by atoms with Crippen LogP contribution in [0.15, 0.2) is 0 Å². The molecule has 0 amide bonds. The Hall–Kier alpha value is -0.670. The van der Waals surface area contributed by atoms with Crippen LogP contribution in [0.3, 0.4) is 0 Å². The summed E-state index contributed by atoms with van der Waals surface area (Å²) < 4.78 is 106. The summed E-state index contributed by atoms with van der Waals surface area (Å²) in [4.78, 5) is 0. The zero-order chi connectivity index (χ0) is 12.7. The van der Waals surface area contributed by atoms with Gasteiger partial charge in [-0.2, -0.15) is 30.7 Å². The van der Waals surface area contributed by atoms with Gasteiger partial charge in [0.1, 0.15) is 6.67 Å². The highest BCUT2D eigenvalue weighted by Gasteiger charge is 2.80. The van der Waals surface area contributed by atoms with Crippen molar-refractivity contribution in [1.82, 2.24) is 0 Å². The Balaban J connectivity index is 5.50. The van der Waals surface area contributed by atoms with E-state index in [1.165, 1.54) is 0 Å². The lowest BCUT2D eigenvalue weighted by Crippen LogP contribution is -2.64. The van der Waals surface area contributed by atoms with Crippen LogP contribution in [0.1, 0.15) is 0 Å². The molecule has 0 aliphatic heterocycles. The summed E-state index contributed by atoms with van der Waals surface area (Å²) in [6.45, 7) is -3.44. The zero-order valence-electron chi connectivity index (χ0n) is 6.56. The Morgan fingerprint density at radius 2 is 1.13 bits per heavy atom. The Morgan fingerprint density at radius 3 is 1.20 bits per heavy atom. The van der Waals surface area contributed by atoms with Crippen molar-refractivity contribution in [2.45, 2.75) is 23.9 Å². The first-order valence-corrected chi connectivity index (χ1v) is 3.11. The summed E-state index contributed by atoms with van der Waals surface area (Å²) in [5.74, 6) is -6.62. The zero-order valence-corrected chi connectivity index (χ0v) is 6.56. The minimum absolute atomic E-state index is 3.44. The molecule has 10 heteroatoms. The van der Waals surface area contributed by atoms with Gasteiger partial charge in [-0.15, -0.1) is 0 Å². The van der Waals surface area contributed by atoms with Crippen molar-refractivity contribution >= 4 is 0 Å². The van der Waals surface area contributed by atoms with Crippen LogP contribution in [0.5, 0.6) is 0 Å². The van der Waals surface area contributed by atoms with Gasteiger partial charge >= 0.3 is 23.9 Å². The van der Waals surface area contributed by atoms with Crippen molar-refractivity contribution in [3.8, 4) is 0 Å². The smallest absolute Gasteiger partial charge is 0.331 e. The van der Waals surface area contributed by atoms with Crippen LogP contribution in [0.2, 0.25) is 0 Å².